The summed E-state index contributed by atoms with van der Waals surface area (Å²) in [6.07, 6.45) is 5.16. The molecule has 0 spiro atoms. The Hall–Kier alpha value is -2.93. The average Bonchev–Trinajstić information content (AvgIpc) is 3.23. The molecule has 1 atom stereocenters. The Morgan fingerprint density at radius 1 is 1.26 bits per heavy atom. The number of halogens is 1. The van der Waals surface area contributed by atoms with Crippen molar-refractivity contribution in [2.24, 2.45) is 0 Å². The van der Waals surface area contributed by atoms with E-state index in [1.54, 1.807) is 18.5 Å². The van der Waals surface area contributed by atoms with E-state index in [-0.39, 0.29) is 17.8 Å². The Kier molecular flexibility index (Phi) is 4.77. The molecule has 3 aromatic rings. The molecule has 0 aliphatic carbocycles. The van der Waals surface area contributed by atoms with Crippen LogP contribution in [0.4, 0.5) is 5.95 Å². The number of hydrogen-bond acceptors (Lipinski definition) is 5. The predicted octanol–water partition coefficient (Wildman–Crippen LogP) is 3.12. The van der Waals surface area contributed by atoms with Gasteiger partial charge in [0, 0.05) is 42.0 Å². The maximum atomic E-state index is 12.7. The minimum atomic E-state index is -0.0488. The molecule has 4 rings (SSSR count). The first-order valence-corrected chi connectivity index (χ1v) is 9.16. The number of amides is 1. The van der Waals surface area contributed by atoms with E-state index in [1.165, 1.54) is 0 Å². The molecule has 7 nitrogen and oxygen atoms in total. The van der Waals surface area contributed by atoms with Gasteiger partial charge in [0.1, 0.15) is 5.69 Å². The van der Waals surface area contributed by atoms with Gasteiger partial charge < -0.3 is 10.6 Å². The predicted molar refractivity (Wildman–Crippen MR) is 103 cm³/mol. The quantitative estimate of drug-likeness (QED) is 0.724. The molecule has 0 saturated carbocycles. The van der Waals surface area contributed by atoms with Crippen LogP contribution >= 0.6 is 11.6 Å². The van der Waals surface area contributed by atoms with Crippen molar-refractivity contribution in [2.75, 3.05) is 18.8 Å². The first-order chi connectivity index (χ1) is 13.1. The van der Waals surface area contributed by atoms with Gasteiger partial charge in [0.2, 0.25) is 5.95 Å². The standard InChI is InChI=1S/C19H19ClN6O/c20-14-5-3-12(4-6-14)15-10-22-19(21)24-17(15)13-2-1-9-26(11-13)18(27)16-7-8-23-25-16/h3-8,10,13H,1-2,9,11H2,(H,23,25)(H2,21,22,24)/t13-/m0/s1. The molecule has 8 heteroatoms. The summed E-state index contributed by atoms with van der Waals surface area (Å²) in [4.78, 5) is 23.2. The average molecular weight is 383 g/mol. The maximum Gasteiger partial charge on any atom is 0.271 e. The fraction of sp³-hybridized carbons (Fsp3) is 0.263. The topological polar surface area (TPSA) is 101 Å². The molecule has 1 amide bonds. The number of H-pyrrole nitrogens is 1. The van der Waals surface area contributed by atoms with Crippen molar-refractivity contribution < 1.29 is 4.79 Å². The zero-order valence-corrected chi connectivity index (χ0v) is 15.4. The van der Waals surface area contributed by atoms with E-state index in [0.29, 0.717) is 23.8 Å². The van der Waals surface area contributed by atoms with Crippen LogP contribution in [0.3, 0.4) is 0 Å². The Balaban J connectivity index is 1.65. The van der Waals surface area contributed by atoms with Gasteiger partial charge in [-0.15, -0.1) is 0 Å². The largest absolute Gasteiger partial charge is 0.368 e. The van der Waals surface area contributed by atoms with Gasteiger partial charge in [0.05, 0.1) is 5.69 Å². The second kappa shape index (κ2) is 7.36. The van der Waals surface area contributed by atoms with Crippen molar-refractivity contribution >= 4 is 23.5 Å². The van der Waals surface area contributed by atoms with Crippen molar-refractivity contribution in [3.05, 3.63) is 59.1 Å². The summed E-state index contributed by atoms with van der Waals surface area (Å²) < 4.78 is 0. The number of likely N-dealkylation sites (tertiary alicyclic amines) is 1. The fourth-order valence-corrected chi connectivity index (χ4v) is 3.63. The second-order valence-electron chi connectivity index (χ2n) is 6.59. The first-order valence-electron chi connectivity index (χ1n) is 8.79. The number of hydrogen-bond donors (Lipinski definition) is 2. The molecule has 2 aromatic heterocycles. The molecule has 1 aromatic carbocycles. The lowest BCUT2D eigenvalue weighted by Crippen LogP contribution is -2.39. The summed E-state index contributed by atoms with van der Waals surface area (Å²) in [6, 6.07) is 9.25. The van der Waals surface area contributed by atoms with Gasteiger partial charge in [-0.05, 0) is 36.6 Å². The van der Waals surface area contributed by atoms with Crippen LogP contribution in [0, 0.1) is 0 Å². The van der Waals surface area contributed by atoms with Crippen molar-refractivity contribution in [1.82, 2.24) is 25.1 Å². The third kappa shape index (κ3) is 3.64. The fourth-order valence-electron chi connectivity index (χ4n) is 3.50. The monoisotopic (exact) mass is 382 g/mol. The first kappa shape index (κ1) is 17.5. The van der Waals surface area contributed by atoms with Gasteiger partial charge in [-0.3, -0.25) is 9.89 Å². The van der Waals surface area contributed by atoms with Gasteiger partial charge in [-0.2, -0.15) is 5.10 Å². The van der Waals surface area contributed by atoms with Crippen LogP contribution in [0.2, 0.25) is 5.02 Å². The number of rotatable bonds is 3. The molecule has 0 bridgehead atoms. The molecule has 27 heavy (non-hydrogen) atoms. The highest BCUT2D eigenvalue weighted by Gasteiger charge is 2.29. The van der Waals surface area contributed by atoms with E-state index in [2.05, 4.69) is 20.2 Å². The number of piperidine rings is 1. The number of aromatic amines is 1. The second-order valence-corrected chi connectivity index (χ2v) is 7.03. The molecular formula is C19H19ClN6O. The summed E-state index contributed by atoms with van der Waals surface area (Å²) in [7, 11) is 0. The summed E-state index contributed by atoms with van der Waals surface area (Å²) in [5.74, 6) is 0.272. The number of carbonyl (C=O) groups is 1. The summed E-state index contributed by atoms with van der Waals surface area (Å²) in [6.45, 7) is 1.29. The molecule has 1 saturated heterocycles. The highest BCUT2D eigenvalue weighted by Crippen LogP contribution is 2.34. The van der Waals surface area contributed by atoms with Crippen molar-refractivity contribution in [3.63, 3.8) is 0 Å². The summed E-state index contributed by atoms with van der Waals surface area (Å²) in [5, 5.41) is 7.28. The molecule has 1 aliphatic heterocycles. The Morgan fingerprint density at radius 3 is 2.81 bits per heavy atom. The van der Waals surface area contributed by atoms with Crippen LogP contribution in [-0.4, -0.2) is 44.1 Å². The minimum absolute atomic E-state index is 0.0488. The van der Waals surface area contributed by atoms with E-state index < -0.39 is 0 Å². The highest BCUT2D eigenvalue weighted by atomic mass is 35.5. The third-order valence-electron chi connectivity index (χ3n) is 4.82. The molecule has 3 heterocycles. The Bertz CT molecular complexity index is 941. The number of nitrogen functional groups attached to an aromatic ring is 1. The molecule has 138 valence electrons. The normalized spacial score (nSPS) is 17.1. The smallest absolute Gasteiger partial charge is 0.271 e. The molecule has 0 unspecified atom stereocenters. The van der Waals surface area contributed by atoms with Gasteiger partial charge in [0.25, 0.3) is 5.91 Å². The zero-order valence-electron chi connectivity index (χ0n) is 14.6. The number of anilines is 1. The molecule has 1 aliphatic rings. The number of carbonyl (C=O) groups excluding carboxylic acids is 1. The SMILES string of the molecule is Nc1ncc(-c2ccc(Cl)cc2)c([C@H]2CCCN(C(=O)c3ccn[nH]3)C2)n1. The van der Waals surface area contributed by atoms with Crippen molar-refractivity contribution in [2.45, 2.75) is 18.8 Å². The lowest BCUT2D eigenvalue weighted by Gasteiger charge is -2.33. The van der Waals surface area contributed by atoms with Crippen LogP contribution in [0.1, 0.15) is 34.9 Å². The summed E-state index contributed by atoms with van der Waals surface area (Å²) >= 11 is 6.01. The van der Waals surface area contributed by atoms with Gasteiger partial charge in [-0.1, -0.05) is 23.7 Å². The van der Waals surface area contributed by atoms with E-state index in [9.17, 15) is 4.79 Å². The highest BCUT2D eigenvalue weighted by molar-refractivity contribution is 6.30. The van der Waals surface area contributed by atoms with Crippen LogP contribution < -0.4 is 5.73 Å². The van der Waals surface area contributed by atoms with Crippen LogP contribution in [0.15, 0.2) is 42.7 Å². The van der Waals surface area contributed by atoms with Crippen LogP contribution in [0.5, 0.6) is 0 Å². The third-order valence-corrected chi connectivity index (χ3v) is 5.07. The molecule has 1 fully saturated rings. The van der Waals surface area contributed by atoms with Crippen LogP contribution in [-0.2, 0) is 0 Å². The number of benzene rings is 1. The Morgan fingerprint density at radius 2 is 2.07 bits per heavy atom. The number of nitrogens with two attached hydrogens (primary N) is 1. The zero-order chi connectivity index (χ0) is 18.8. The molecule has 0 radical (unpaired) electrons. The lowest BCUT2D eigenvalue weighted by molar-refractivity contribution is 0.0700. The van der Waals surface area contributed by atoms with E-state index in [0.717, 1.165) is 29.7 Å². The Labute approximate surface area is 161 Å². The molecular weight excluding hydrogens is 364 g/mol. The number of nitrogens with one attached hydrogen (secondary N) is 1. The van der Waals surface area contributed by atoms with Crippen LogP contribution in [0.25, 0.3) is 11.1 Å². The lowest BCUT2D eigenvalue weighted by atomic mass is 9.90. The number of aromatic nitrogens is 4. The van der Waals surface area contributed by atoms with Gasteiger partial charge in [-0.25, -0.2) is 9.97 Å². The molecule has 3 N–H and O–H groups in total. The van der Waals surface area contributed by atoms with Gasteiger partial charge in [0.15, 0.2) is 0 Å². The van der Waals surface area contributed by atoms with E-state index >= 15 is 0 Å². The minimum Gasteiger partial charge on any atom is -0.368 e. The summed E-state index contributed by atoms with van der Waals surface area (Å²) in [5.41, 5.74) is 9.13. The maximum absolute atomic E-state index is 12.7. The van der Waals surface area contributed by atoms with E-state index in [1.807, 2.05) is 29.2 Å². The van der Waals surface area contributed by atoms with Crippen molar-refractivity contribution in [3.8, 4) is 11.1 Å². The van der Waals surface area contributed by atoms with Crippen molar-refractivity contribution in [1.29, 1.82) is 0 Å². The van der Waals surface area contributed by atoms with Gasteiger partial charge >= 0.3 is 0 Å². The van der Waals surface area contributed by atoms with E-state index in [4.69, 9.17) is 17.3 Å². The number of nitrogens with zero attached hydrogens (tertiary/aromatic N) is 4.